The lowest BCUT2D eigenvalue weighted by Gasteiger charge is -2.08. The monoisotopic (exact) mass is 347 g/mol. The van der Waals surface area contributed by atoms with Gasteiger partial charge in [-0.2, -0.15) is 0 Å². The van der Waals surface area contributed by atoms with Crippen molar-refractivity contribution in [2.75, 3.05) is 0 Å². The third kappa shape index (κ3) is 3.04. The van der Waals surface area contributed by atoms with Crippen LogP contribution in [-0.4, -0.2) is 15.3 Å². The normalized spacial score (nSPS) is 10.8. The van der Waals surface area contributed by atoms with Crippen LogP contribution in [0.15, 0.2) is 79.6 Å². The number of nitrogens with zero attached hydrogens (tertiary/aromatic N) is 3. The molecular formula is C20H16FN4O+. The number of pyridine rings is 2. The van der Waals surface area contributed by atoms with Gasteiger partial charge in [-0.25, -0.2) is 13.4 Å². The maximum Gasteiger partial charge on any atom is 0.257 e. The van der Waals surface area contributed by atoms with Gasteiger partial charge in [0.15, 0.2) is 5.52 Å². The van der Waals surface area contributed by atoms with Gasteiger partial charge < -0.3 is 5.32 Å². The van der Waals surface area contributed by atoms with Gasteiger partial charge in [-0.3, -0.25) is 9.78 Å². The van der Waals surface area contributed by atoms with Crippen LogP contribution in [0.5, 0.6) is 0 Å². The summed E-state index contributed by atoms with van der Waals surface area (Å²) in [7, 11) is 0. The fraction of sp³-hybridized carbons (Fsp3) is 0.0500. The average Bonchev–Trinajstić information content (AvgIpc) is 3.11. The van der Waals surface area contributed by atoms with E-state index in [4.69, 9.17) is 0 Å². The number of hydrogen-bond donors (Lipinski definition) is 1. The Morgan fingerprint density at radius 2 is 2.00 bits per heavy atom. The summed E-state index contributed by atoms with van der Waals surface area (Å²) < 4.78 is 17.6. The average molecular weight is 347 g/mol. The van der Waals surface area contributed by atoms with Crippen LogP contribution in [0.3, 0.4) is 0 Å². The first-order valence-electron chi connectivity index (χ1n) is 8.16. The summed E-state index contributed by atoms with van der Waals surface area (Å²) in [4.78, 5) is 16.7. The van der Waals surface area contributed by atoms with E-state index < -0.39 is 0 Å². The summed E-state index contributed by atoms with van der Waals surface area (Å²) in [5.74, 6) is -0.647. The maximum atomic E-state index is 13.7. The lowest BCUT2D eigenvalue weighted by atomic mass is 10.2. The van der Waals surface area contributed by atoms with E-state index in [-0.39, 0.29) is 18.3 Å². The SMILES string of the molecule is O=C(NCc1ccccc1F)c1cnccc1-[n+]1cc2ccccn2c1. The first-order chi connectivity index (χ1) is 12.7. The maximum absolute atomic E-state index is 13.7. The van der Waals surface area contributed by atoms with E-state index in [1.165, 1.54) is 12.3 Å². The van der Waals surface area contributed by atoms with E-state index in [0.29, 0.717) is 16.8 Å². The van der Waals surface area contributed by atoms with Crippen molar-refractivity contribution in [1.82, 2.24) is 14.7 Å². The van der Waals surface area contributed by atoms with Crippen molar-refractivity contribution in [1.29, 1.82) is 0 Å². The van der Waals surface area contributed by atoms with Crippen LogP contribution in [0.4, 0.5) is 4.39 Å². The van der Waals surface area contributed by atoms with Crippen LogP contribution in [0.1, 0.15) is 15.9 Å². The minimum absolute atomic E-state index is 0.113. The van der Waals surface area contributed by atoms with Crippen LogP contribution in [0, 0.1) is 5.82 Å². The highest BCUT2D eigenvalue weighted by molar-refractivity contribution is 5.96. The number of halogens is 1. The number of fused-ring (bicyclic) bond motifs is 1. The van der Waals surface area contributed by atoms with Gasteiger partial charge in [-0.15, -0.1) is 0 Å². The molecule has 0 aliphatic rings. The van der Waals surface area contributed by atoms with Gasteiger partial charge in [0.05, 0.1) is 6.20 Å². The fourth-order valence-electron chi connectivity index (χ4n) is 2.82. The number of rotatable bonds is 4. The number of hydrogen-bond acceptors (Lipinski definition) is 2. The molecule has 0 unspecified atom stereocenters. The molecule has 1 N–H and O–H groups in total. The summed E-state index contributed by atoms with van der Waals surface area (Å²) >= 11 is 0. The van der Waals surface area contributed by atoms with Gasteiger partial charge >= 0.3 is 0 Å². The molecule has 1 aromatic carbocycles. The molecule has 0 saturated carbocycles. The Morgan fingerprint density at radius 1 is 1.15 bits per heavy atom. The summed E-state index contributed by atoms with van der Waals surface area (Å²) in [5.41, 5.74) is 2.56. The van der Waals surface area contributed by atoms with Crippen molar-refractivity contribution < 1.29 is 13.8 Å². The second kappa shape index (κ2) is 6.76. The largest absolute Gasteiger partial charge is 0.348 e. The Bertz CT molecular complexity index is 1060. The third-order valence-corrected chi connectivity index (χ3v) is 4.16. The third-order valence-electron chi connectivity index (χ3n) is 4.16. The van der Waals surface area contributed by atoms with Crippen LogP contribution in [0.2, 0.25) is 0 Å². The van der Waals surface area contributed by atoms with Crippen molar-refractivity contribution in [3.8, 4) is 5.69 Å². The number of imidazole rings is 1. The van der Waals surface area contributed by atoms with E-state index in [1.54, 1.807) is 30.5 Å². The molecule has 3 heterocycles. The highest BCUT2D eigenvalue weighted by Crippen LogP contribution is 2.10. The van der Waals surface area contributed by atoms with Gasteiger partial charge in [0.1, 0.15) is 23.3 Å². The summed E-state index contributed by atoms with van der Waals surface area (Å²) in [6.45, 7) is 0.113. The van der Waals surface area contributed by atoms with Crippen LogP contribution in [-0.2, 0) is 6.54 Å². The Balaban J connectivity index is 1.63. The molecule has 6 heteroatoms. The van der Waals surface area contributed by atoms with E-state index >= 15 is 0 Å². The quantitative estimate of drug-likeness (QED) is 0.577. The Hall–Kier alpha value is -3.54. The second-order valence-corrected chi connectivity index (χ2v) is 5.85. The molecule has 4 rings (SSSR count). The minimum atomic E-state index is -0.340. The fourth-order valence-corrected chi connectivity index (χ4v) is 2.82. The molecule has 0 fully saturated rings. The Kier molecular flexibility index (Phi) is 4.15. The molecule has 0 spiro atoms. The molecule has 1 amide bonds. The molecule has 5 nitrogen and oxygen atoms in total. The number of carbonyl (C=O) groups excluding carboxylic acids is 1. The molecule has 0 aliphatic heterocycles. The number of benzene rings is 1. The predicted molar refractivity (Wildman–Crippen MR) is 94.3 cm³/mol. The van der Waals surface area contributed by atoms with Crippen LogP contribution in [0.25, 0.3) is 11.2 Å². The zero-order chi connectivity index (χ0) is 17.9. The van der Waals surface area contributed by atoms with Gasteiger partial charge in [0.2, 0.25) is 0 Å². The zero-order valence-electron chi connectivity index (χ0n) is 13.8. The smallest absolute Gasteiger partial charge is 0.257 e. The van der Waals surface area contributed by atoms with Gasteiger partial charge in [-0.1, -0.05) is 24.3 Å². The topological polar surface area (TPSA) is 50.3 Å². The second-order valence-electron chi connectivity index (χ2n) is 5.85. The summed E-state index contributed by atoms with van der Waals surface area (Å²) in [5, 5.41) is 2.76. The Labute approximate surface area is 149 Å². The van der Waals surface area contributed by atoms with Crippen molar-refractivity contribution >= 4 is 11.4 Å². The number of nitrogens with one attached hydrogen (secondary N) is 1. The van der Waals surface area contributed by atoms with E-state index in [1.807, 2.05) is 45.9 Å². The first kappa shape index (κ1) is 16.0. The highest BCUT2D eigenvalue weighted by atomic mass is 19.1. The van der Waals surface area contributed by atoms with E-state index in [0.717, 1.165) is 5.52 Å². The summed E-state index contributed by atoms with van der Waals surface area (Å²) in [6.07, 6.45) is 8.91. The molecule has 0 aliphatic carbocycles. The molecule has 0 bridgehead atoms. The number of aromatic nitrogens is 3. The molecule has 3 aromatic heterocycles. The van der Waals surface area contributed by atoms with Crippen LogP contribution >= 0.6 is 0 Å². The lowest BCUT2D eigenvalue weighted by molar-refractivity contribution is -0.594. The van der Waals surface area contributed by atoms with Crippen molar-refractivity contribution in [3.63, 3.8) is 0 Å². The Morgan fingerprint density at radius 3 is 2.85 bits per heavy atom. The lowest BCUT2D eigenvalue weighted by Crippen LogP contribution is -2.33. The first-order valence-corrected chi connectivity index (χ1v) is 8.16. The minimum Gasteiger partial charge on any atom is -0.348 e. The molecule has 0 radical (unpaired) electrons. The van der Waals surface area contributed by atoms with Crippen molar-refractivity contribution in [2.24, 2.45) is 0 Å². The number of amides is 1. The van der Waals surface area contributed by atoms with Gasteiger partial charge in [0.25, 0.3) is 12.2 Å². The molecule has 128 valence electrons. The van der Waals surface area contributed by atoms with Crippen molar-refractivity contribution in [2.45, 2.75) is 6.54 Å². The zero-order valence-corrected chi connectivity index (χ0v) is 13.8. The molecule has 0 atom stereocenters. The summed E-state index contributed by atoms with van der Waals surface area (Å²) in [6, 6.07) is 14.0. The molecule has 4 aromatic rings. The van der Waals surface area contributed by atoms with Gasteiger partial charge in [-0.05, 0) is 18.2 Å². The van der Waals surface area contributed by atoms with E-state index in [9.17, 15) is 9.18 Å². The molecule has 26 heavy (non-hydrogen) atoms. The van der Waals surface area contributed by atoms with Crippen molar-refractivity contribution in [3.05, 3.63) is 96.6 Å². The number of carbonyl (C=O) groups is 1. The van der Waals surface area contributed by atoms with Gasteiger partial charge in [0, 0.05) is 30.6 Å². The van der Waals surface area contributed by atoms with E-state index in [2.05, 4.69) is 10.3 Å². The highest BCUT2D eigenvalue weighted by Gasteiger charge is 2.18. The molecule has 0 saturated heterocycles. The molecular weight excluding hydrogens is 331 g/mol. The standard InChI is InChI=1S/C20H15FN4O/c21-18-7-2-1-5-15(18)11-23-20(26)17-12-22-9-8-19(17)25-13-16-6-3-4-10-24(16)14-25/h1-10,12-14H,11H2/p+1. The van der Waals surface area contributed by atoms with Crippen LogP contribution < -0.4 is 9.88 Å². The predicted octanol–water partition coefficient (Wildman–Crippen LogP) is 2.68.